The van der Waals surface area contributed by atoms with Gasteiger partial charge in [-0.05, 0) is 18.2 Å². The first kappa shape index (κ1) is 12.3. The van der Waals surface area contributed by atoms with Gasteiger partial charge >= 0.3 is 0 Å². The fraction of sp³-hybridized carbons (Fsp3) is 0.462. The predicted octanol–water partition coefficient (Wildman–Crippen LogP) is 3.57. The van der Waals surface area contributed by atoms with E-state index in [9.17, 15) is 4.79 Å². The van der Waals surface area contributed by atoms with Gasteiger partial charge in [-0.25, -0.2) is 0 Å². The third-order valence-electron chi connectivity index (χ3n) is 2.35. The molecule has 0 aromatic heterocycles. The minimum Gasteiger partial charge on any atom is -0.294 e. The van der Waals surface area contributed by atoms with Crippen LogP contribution in [0.1, 0.15) is 35.7 Å². The lowest BCUT2D eigenvalue weighted by Crippen LogP contribution is -2.00. The van der Waals surface area contributed by atoms with Crippen molar-refractivity contribution in [1.29, 1.82) is 0 Å². The molecular formula is C13H18OS. The average Bonchev–Trinajstić information content (AvgIpc) is 2.27. The van der Waals surface area contributed by atoms with E-state index in [1.54, 1.807) is 11.8 Å². The van der Waals surface area contributed by atoms with Gasteiger partial charge in [0.25, 0.3) is 0 Å². The van der Waals surface area contributed by atoms with Crippen LogP contribution in [0, 0.1) is 0 Å². The summed E-state index contributed by atoms with van der Waals surface area (Å²) in [5.41, 5.74) is 2.17. The van der Waals surface area contributed by atoms with Gasteiger partial charge in [-0.3, -0.25) is 4.79 Å². The van der Waals surface area contributed by atoms with E-state index in [-0.39, 0.29) is 5.78 Å². The molecule has 0 N–H and O–H groups in total. The Bertz CT molecular complexity index is 303. The van der Waals surface area contributed by atoms with Gasteiger partial charge in [-0.1, -0.05) is 37.6 Å². The average molecular weight is 222 g/mol. The summed E-state index contributed by atoms with van der Waals surface area (Å²) in [5, 5.41) is 0. The minimum atomic E-state index is 0.257. The van der Waals surface area contributed by atoms with Crippen LogP contribution in [0.4, 0.5) is 0 Å². The molecular weight excluding hydrogens is 204 g/mol. The molecule has 0 radical (unpaired) electrons. The molecule has 1 aromatic carbocycles. The molecule has 2 heteroatoms. The van der Waals surface area contributed by atoms with Crippen molar-refractivity contribution >= 4 is 17.5 Å². The molecule has 0 aliphatic heterocycles. The van der Waals surface area contributed by atoms with Crippen molar-refractivity contribution in [2.45, 2.75) is 26.2 Å². The summed E-state index contributed by atoms with van der Waals surface area (Å²) in [5.74, 6) is 1.17. The highest BCUT2D eigenvalue weighted by atomic mass is 32.2. The Balaban J connectivity index is 2.58. The number of aryl methyl sites for hydroxylation is 1. The Morgan fingerprint density at radius 2 is 1.93 bits per heavy atom. The maximum absolute atomic E-state index is 11.7. The van der Waals surface area contributed by atoms with Gasteiger partial charge < -0.3 is 0 Å². The quantitative estimate of drug-likeness (QED) is 0.684. The van der Waals surface area contributed by atoms with E-state index in [2.05, 4.69) is 19.1 Å². The molecule has 82 valence electrons. The summed E-state index contributed by atoms with van der Waals surface area (Å²) in [4.78, 5) is 11.7. The van der Waals surface area contributed by atoms with Gasteiger partial charge in [0, 0.05) is 17.7 Å². The first-order valence-electron chi connectivity index (χ1n) is 5.39. The second-order valence-corrected chi connectivity index (χ2v) is 4.60. The molecule has 1 aromatic rings. The van der Waals surface area contributed by atoms with Crippen LogP contribution < -0.4 is 0 Å². The topological polar surface area (TPSA) is 17.1 Å². The van der Waals surface area contributed by atoms with Crippen molar-refractivity contribution in [2.24, 2.45) is 0 Å². The van der Waals surface area contributed by atoms with Crippen molar-refractivity contribution < 1.29 is 4.79 Å². The molecule has 1 nitrogen and oxygen atoms in total. The number of thioether (sulfide) groups is 1. The fourth-order valence-electron chi connectivity index (χ4n) is 1.49. The lowest BCUT2D eigenvalue weighted by molar-refractivity contribution is 0.0989. The molecule has 0 aliphatic rings. The number of benzene rings is 1. The molecule has 0 atom stereocenters. The number of carbonyl (C=O) groups is 1. The molecule has 0 saturated carbocycles. The van der Waals surface area contributed by atoms with Crippen molar-refractivity contribution in [1.82, 2.24) is 0 Å². The van der Waals surface area contributed by atoms with E-state index in [1.807, 2.05) is 18.4 Å². The van der Waals surface area contributed by atoms with E-state index in [1.165, 1.54) is 5.56 Å². The molecule has 0 aliphatic carbocycles. The summed E-state index contributed by atoms with van der Waals surface area (Å²) in [6.45, 7) is 2.16. The number of carbonyl (C=O) groups excluding carboxylic acids is 1. The zero-order valence-corrected chi connectivity index (χ0v) is 10.3. The highest BCUT2D eigenvalue weighted by Gasteiger charge is 2.04. The number of rotatable bonds is 6. The standard InChI is InChI=1S/C13H18OS/c1-3-4-11-5-7-12(8-6-11)13(14)9-10-15-2/h5-8H,3-4,9-10H2,1-2H3. The zero-order chi connectivity index (χ0) is 11.1. The Hall–Kier alpha value is -0.760. The van der Waals surface area contributed by atoms with Gasteiger partial charge in [0.05, 0.1) is 0 Å². The van der Waals surface area contributed by atoms with Crippen LogP contribution in [0.2, 0.25) is 0 Å². The predicted molar refractivity (Wildman–Crippen MR) is 67.8 cm³/mol. The summed E-state index contributed by atoms with van der Waals surface area (Å²) in [6, 6.07) is 8.03. The smallest absolute Gasteiger partial charge is 0.163 e. The first-order valence-corrected chi connectivity index (χ1v) is 6.78. The monoisotopic (exact) mass is 222 g/mol. The van der Waals surface area contributed by atoms with E-state index in [4.69, 9.17) is 0 Å². The Labute approximate surface area is 96.3 Å². The minimum absolute atomic E-state index is 0.257. The second kappa shape index (κ2) is 6.67. The van der Waals surface area contributed by atoms with E-state index < -0.39 is 0 Å². The van der Waals surface area contributed by atoms with Crippen LogP contribution in [-0.2, 0) is 6.42 Å². The maximum atomic E-state index is 11.7. The maximum Gasteiger partial charge on any atom is 0.163 e. The highest BCUT2D eigenvalue weighted by molar-refractivity contribution is 7.98. The summed E-state index contributed by atoms with van der Waals surface area (Å²) < 4.78 is 0. The fourth-order valence-corrected chi connectivity index (χ4v) is 1.87. The van der Waals surface area contributed by atoms with Crippen LogP contribution in [0.5, 0.6) is 0 Å². The highest BCUT2D eigenvalue weighted by Crippen LogP contribution is 2.10. The normalized spacial score (nSPS) is 10.3. The van der Waals surface area contributed by atoms with E-state index in [0.29, 0.717) is 6.42 Å². The molecule has 0 bridgehead atoms. The third kappa shape index (κ3) is 4.08. The molecule has 0 spiro atoms. The van der Waals surface area contributed by atoms with Crippen LogP contribution >= 0.6 is 11.8 Å². The largest absolute Gasteiger partial charge is 0.294 e. The van der Waals surface area contributed by atoms with Gasteiger partial charge in [-0.15, -0.1) is 0 Å². The number of ketones is 1. The molecule has 0 heterocycles. The Morgan fingerprint density at radius 1 is 1.27 bits per heavy atom. The molecule has 15 heavy (non-hydrogen) atoms. The molecule has 0 unspecified atom stereocenters. The first-order chi connectivity index (χ1) is 7.27. The van der Waals surface area contributed by atoms with Crippen molar-refractivity contribution in [2.75, 3.05) is 12.0 Å². The number of hydrogen-bond donors (Lipinski definition) is 0. The second-order valence-electron chi connectivity index (χ2n) is 3.61. The van der Waals surface area contributed by atoms with Gasteiger partial charge in [0.2, 0.25) is 0 Å². The zero-order valence-electron chi connectivity index (χ0n) is 9.45. The molecule has 0 amide bonds. The van der Waals surface area contributed by atoms with Crippen LogP contribution in [-0.4, -0.2) is 17.8 Å². The van der Waals surface area contributed by atoms with E-state index >= 15 is 0 Å². The summed E-state index contributed by atoms with van der Waals surface area (Å²) in [6.07, 6.45) is 4.92. The van der Waals surface area contributed by atoms with Gasteiger partial charge in [0.15, 0.2) is 5.78 Å². The molecule has 1 rings (SSSR count). The van der Waals surface area contributed by atoms with Crippen LogP contribution in [0.25, 0.3) is 0 Å². The van der Waals surface area contributed by atoms with E-state index in [0.717, 1.165) is 24.2 Å². The Kier molecular flexibility index (Phi) is 5.48. The molecule has 0 saturated heterocycles. The third-order valence-corrected chi connectivity index (χ3v) is 2.96. The lowest BCUT2D eigenvalue weighted by Gasteiger charge is -2.02. The van der Waals surface area contributed by atoms with Crippen LogP contribution in [0.3, 0.4) is 0 Å². The van der Waals surface area contributed by atoms with Crippen molar-refractivity contribution in [3.8, 4) is 0 Å². The molecule has 0 fully saturated rings. The van der Waals surface area contributed by atoms with Crippen molar-refractivity contribution in [3.05, 3.63) is 35.4 Å². The van der Waals surface area contributed by atoms with Crippen LogP contribution in [0.15, 0.2) is 24.3 Å². The lowest BCUT2D eigenvalue weighted by atomic mass is 10.0. The van der Waals surface area contributed by atoms with Gasteiger partial charge in [0.1, 0.15) is 0 Å². The SMILES string of the molecule is CCCc1ccc(C(=O)CCSC)cc1. The summed E-state index contributed by atoms with van der Waals surface area (Å²) in [7, 11) is 0. The van der Waals surface area contributed by atoms with Crippen molar-refractivity contribution in [3.63, 3.8) is 0 Å². The number of hydrogen-bond acceptors (Lipinski definition) is 2. The summed E-state index contributed by atoms with van der Waals surface area (Å²) >= 11 is 1.72. The number of Topliss-reactive ketones (excluding diaryl/α,β-unsaturated/α-hetero) is 1. The Morgan fingerprint density at radius 3 is 2.47 bits per heavy atom. The van der Waals surface area contributed by atoms with Gasteiger partial charge in [-0.2, -0.15) is 11.8 Å².